The molecule has 1 saturated carbocycles. The van der Waals surface area contributed by atoms with Gasteiger partial charge < -0.3 is 11.1 Å². The zero-order chi connectivity index (χ0) is 14.8. The summed E-state index contributed by atoms with van der Waals surface area (Å²) in [6.07, 6.45) is -2.83. The summed E-state index contributed by atoms with van der Waals surface area (Å²) in [4.78, 5) is 11.1. The van der Waals surface area contributed by atoms with Gasteiger partial charge in [-0.15, -0.1) is 0 Å². The number of nitrogens with one attached hydrogen (secondary N) is 1. The van der Waals surface area contributed by atoms with Gasteiger partial charge in [-0.3, -0.25) is 4.79 Å². The number of hydrogen-bond donors (Lipinski definition) is 2. The first-order chi connectivity index (χ1) is 9.36. The van der Waals surface area contributed by atoms with Gasteiger partial charge in [0.05, 0.1) is 5.92 Å². The summed E-state index contributed by atoms with van der Waals surface area (Å²) in [5.74, 6) is -1.70. The highest BCUT2D eigenvalue weighted by atomic mass is 19.4. The first-order valence-electron chi connectivity index (χ1n) is 6.59. The van der Waals surface area contributed by atoms with Crippen LogP contribution in [0.4, 0.5) is 18.9 Å². The van der Waals surface area contributed by atoms with Crippen molar-refractivity contribution in [3.05, 3.63) is 29.8 Å². The third-order valence-corrected chi connectivity index (χ3v) is 3.71. The Morgan fingerprint density at radius 1 is 1.20 bits per heavy atom. The van der Waals surface area contributed by atoms with E-state index < -0.39 is 18.0 Å². The van der Waals surface area contributed by atoms with E-state index in [9.17, 15) is 18.0 Å². The second-order valence-corrected chi connectivity index (χ2v) is 5.18. The van der Waals surface area contributed by atoms with Gasteiger partial charge in [-0.05, 0) is 43.9 Å². The highest BCUT2D eigenvalue weighted by Gasteiger charge is 2.41. The van der Waals surface area contributed by atoms with Crippen molar-refractivity contribution in [3.63, 3.8) is 0 Å². The van der Waals surface area contributed by atoms with Crippen molar-refractivity contribution in [1.29, 1.82) is 0 Å². The molecule has 0 radical (unpaired) electrons. The first kappa shape index (κ1) is 14.7. The molecule has 0 atom stereocenters. The van der Waals surface area contributed by atoms with Crippen LogP contribution in [0.15, 0.2) is 24.3 Å². The van der Waals surface area contributed by atoms with Crippen LogP contribution >= 0.6 is 0 Å². The Morgan fingerprint density at radius 3 is 2.40 bits per heavy atom. The molecule has 0 aromatic heterocycles. The fourth-order valence-corrected chi connectivity index (χ4v) is 2.56. The average Bonchev–Trinajstić information content (AvgIpc) is 2.38. The van der Waals surface area contributed by atoms with Gasteiger partial charge in [0, 0.05) is 17.3 Å². The number of carbonyl (C=O) groups excluding carboxylic acids is 1. The molecule has 0 unspecified atom stereocenters. The normalized spacial score (nSPS) is 23.4. The lowest BCUT2D eigenvalue weighted by atomic mass is 9.85. The summed E-state index contributed by atoms with van der Waals surface area (Å²) in [6.45, 7) is 0. The molecule has 1 aliphatic rings. The lowest BCUT2D eigenvalue weighted by Crippen LogP contribution is -2.32. The van der Waals surface area contributed by atoms with Crippen LogP contribution in [-0.4, -0.2) is 18.1 Å². The minimum atomic E-state index is -4.09. The number of carbonyl (C=O) groups is 1. The van der Waals surface area contributed by atoms with Crippen LogP contribution < -0.4 is 11.1 Å². The van der Waals surface area contributed by atoms with Crippen molar-refractivity contribution < 1.29 is 18.0 Å². The van der Waals surface area contributed by atoms with Crippen molar-refractivity contribution in [1.82, 2.24) is 0 Å². The predicted octanol–water partition coefficient (Wildman–Crippen LogP) is 3.32. The van der Waals surface area contributed by atoms with Crippen LogP contribution in [0.2, 0.25) is 0 Å². The molecule has 0 heterocycles. The maximum atomic E-state index is 12.6. The van der Waals surface area contributed by atoms with E-state index in [0.717, 1.165) is 5.69 Å². The third-order valence-electron chi connectivity index (χ3n) is 3.71. The lowest BCUT2D eigenvalue weighted by molar-refractivity contribution is -0.182. The Kier molecular flexibility index (Phi) is 4.20. The van der Waals surface area contributed by atoms with Crippen molar-refractivity contribution in [2.45, 2.75) is 37.9 Å². The molecule has 1 aromatic carbocycles. The Balaban J connectivity index is 1.93. The summed E-state index contributed by atoms with van der Waals surface area (Å²) >= 11 is 0. The average molecular weight is 286 g/mol. The largest absolute Gasteiger partial charge is 0.391 e. The number of halogens is 3. The number of anilines is 1. The first-order valence-corrected chi connectivity index (χ1v) is 6.59. The Morgan fingerprint density at radius 2 is 1.85 bits per heavy atom. The minimum absolute atomic E-state index is 0.0109. The predicted molar refractivity (Wildman–Crippen MR) is 70.4 cm³/mol. The summed E-state index contributed by atoms with van der Waals surface area (Å²) in [5, 5.41) is 3.17. The Bertz CT molecular complexity index is 480. The number of rotatable bonds is 3. The Labute approximate surface area is 115 Å². The molecule has 2 rings (SSSR count). The van der Waals surface area contributed by atoms with Crippen LogP contribution in [0.5, 0.6) is 0 Å². The SMILES string of the molecule is NC(=O)c1cccc(NC2CCC(C(F)(F)F)CC2)c1. The third kappa shape index (κ3) is 3.65. The maximum Gasteiger partial charge on any atom is 0.391 e. The van der Waals surface area contributed by atoms with Gasteiger partial charge in [-0.1, -0.05) is 6.07 Å². The summed E-state index contributed by atoms with van der Waals surface area (Å²) in [7, 11) is 0. The van der Waals surface area contributed by atoms with E-state index in [4.69, 9.17) is 5.73 Å². The van der Waals surface area contributed by atoms with Crippen molar-refractivity contribution in [3.8, 4) is 0 Å². The second-order valence-electron chi connectivity index (χ2n) is 5.18. The molecule has 1 amide bonds. The van der Waals surface area contributed by atoms with E-state index in [2.05, 4.69) is 5.32 Å². The van der Waals surface area contributed by atoms with Crippen molar-refractivity contribution in [2.24, 2.45) is 11.7 Å². The van der Waals surface area contributed by atoms with Gasteiger partial charge in [0.15, 0.2) is 0 Å². The molecule has 0 aliphatic heterocycles. The standard InChI is InChI=1S/C14H17F3N2O/c15-14(16,17)10-4-6-11(7-5-10)19-12-3-1-2-9(8-12)13(18)20/h1-3,8,10-11,19H,4-7H2,(H2,18,20). The molecular weight excluding hydrogens is 269 g/mol. The van der Waals surface area contributed by atoms with Crippen molar-refractivity contribution >= 4 is 11.6 Å². The molecule has 1 aromatic rings. The van der Waals surface area contributed by atoms with E-state index in [1.54, 1.807) is 24.3 Å². The molecule has 110 valence electrons. The molecule has 6 heteroatoms. The van der Waals surface area contributed by atoms with Crippen LogP contribution in [0.3, 0.4) is 0 Å². The number of primary amides is 1. The van der Waals surface area contributed by atoms with Gasteiger partial charge in [-0.2, -0.15) is 13.2 Å². The maximum absolute atomic E-state index is 12.6. The van der Waals surface area contributed by atoms with Gasteiger partial charge in [-0.25, -0.2) is 0 Å². The molecule has 3 N–H and O–H groups in total. The second kappa shape index (κ2) is 5.73. The molecule has 1 aliphatic carbocycles. The smallest absolute Gasteiger partial charge is 0.382 e. The molecule has 3 nitrogen and oxygen atoms in total. The summed E-state index contributed by atoms with van der Waals surface area (Å²) in [6, 6.07) is 6.72. The molecule has 20 heavy (non-hydrogen) atoms. The van der Waals surface area contributed by atoms with Crippen molar-refractivity contribution in [2.75, 3.05) is 5.32 Å². The molecule has 1 fully saturated rings. The van der Waals surface area contributed by atoms with E-state index in [1.165, 1.54) is 0 Å². The fraction of sp³-hybridized carbons (Fsp3) is 0.500. The van der Waals surface area contributed by atoms with Gasteiger partial charge >= 0.3 is 6.18 Å². The molecular formula is C14H17F3N2O. The molecule has 0 saturated heterocycles. The van der Waals surface area contributed by atoms with E-state index >= 15 is 0 Å². The quantitative estimate of drug-likeness (QED) is 0.895. The number of alkyl halides is 3. The van der Waals surface area contributed by atoms with Crippen LogP contribution in [0.25, 0.3) is 0 Å². The van der Waals surface area contributed by atoms with E-state index in [0.29, 0.717) is 18.4 Å². The van der Waals surface area contributed by atoms with Crippen LogP contribution in [-0.2, 0) is 0 Å². The lowest BCUT2D eigenvalue weighted by Gasteiger charge is -2.30. The topological polar surface area (TPSA) is 55.1 Å². The monoisotopic (exact) mass is 286 g/mol. The molecule has 0 spiro atoms. The van der Waals surface area contributed by atoms with E-state index in [1.807, 2.05) is 0 Å². The van der Waals surface area contributed by atoms with Gasteiger partial charge in [0.2, 0.25) is 5.91 Å². The number of amides is 1. The van der Waals surface area contributed by atoms with Crippen LogP contribution in [0, 0.1) is 5.92 Å². The zero-order valence-corrected chi connectivity index (χ0v) is 10.9. The number of benzene rings is 1. The Hall–Kier alpha value is -1.72. The highest BCUT2D eigenvalue weighted by molar-refractivity contribution is 5.93. The number of nitrogens with two attached hydrogens (primary N) is 1. The summed E-state index contributed by atoms with van der Waals surface area (Å²) < 4.78 is 37.7. The van der Waals surface area contributed by atoms with Gasteiger partial charge in [0.1, 0.15) is 0 Å². The minimum Gasteiger partial charge on any atom is -0.382 e. The zero-order valence-electron chi connectivity index (χ0n) is 10.9. The van der Waals surface area contributed by atoms with Crippen LogP contribution in [0.1, 0.15) is 36.0 Å². The number of hydrogen-bond acceptors (Lipinski definition) is 2. The fourth-order valence-electron chi connectivity index (χ4n) is 2.56. The van der Waals surface area contributed by atoms with Gasteiger partial charge in [0.25, 0.3) is 0 Å². The molecule has 0 bridgehead atoms. The van der Waals surface area contributed by atoms with E-state index in [-0.39, 0.29) is 18.9 Å². The highest BCUT2D eigenvalue weighted by Crippen LogP contribution is 2.38. The summed E-state index contributed by atoms with van der Waals surface area (Å²) in [5.41, 5.74) is 6.30.